The minimum absolute atomic E-state index is 0.217. The number of ether oxygens (including phenoxy) is 1. The molecule has 0 radical (unpaired) electrons. The number of nitrogens with zero attached hydrogens (tertiary/aromatic N) is 2. The first-order valence-electron chi connectivity index (χ1n) is 7.17. The molecule has 6 heteroatoms. The van der Waals surface area contributed by atoms with Gasteiger partial charge >= 0.3 is 6.09 Å². The molecule has 1 amide bonds. The van der Waals surface area contributed by atoms with E-state index in [1.54, 1.807) is 0 Å². The third-order valence-corrected chi connectivity index (χ3v) is 3.67. The van der Waals surface area contributed by atoms with E-state index in [0.29, 0.717) is 5.88 Å². The van der Waals surface area contributed by atoms with Gasteiger partial charge in [-0.25, -0.2) is 4.79 Å². The van der Waals surface area contributed by atoms with Crippen LogP contribution in [0.2, 0.25) is 0 Å². The molecule has 1 aromatic carbocycles. The lowest BCUT2D eigenvalue weighted by atomic mass is 10.2. The molecule has 0 unspecified atom stereocenters. The maximum Gasteiger partial charge on any atom is 0.411 e. The summed E-state index contributed by atoms with van der Waals surface area (Å²) >= 11 is 5.46. The molecule has 0 aliphatic carbocycles. The average Bonchev–Trinajstić information content (AvgIpc) is 2.49. The zero-order valence-corrected chi connectivity index (χ0v) is 13.1. The van der Waals surface area contributed by atoms with E-state index in [0.717, 1.165) is 38.4 Å². The Hall–Kier alpha value is -1.30. The second kappa shape index (κ2) is 8.22. The summed E-state index contributed by atoms with van der Waals surface area (Å²) < 4.78 is 4.86. The number of carbonyl (C=O) groups excluding carboxylic acids is 1. The van der Waals surface area contributed by atoms with Crippen molar-refractivity contribution < 1.29 is 9.53 Å². The topological polar surface area (TPSA) is 44.8 Å². The van der Waals surface area contributed by atoms with Gasteiger partial charge in [0.2, 0.25) is 0 Å². The number of amides is 1. The van der Waals surface area contributed by atoms with Crippen molar-refractivity contribution in [1.29, 1.82) is 0 Å². The lowest BCUT2D eigenvalue weighted by Crippen LogP contribution is -2.43. The van der Waals surface area contributed by atoms with Gasteiger partial charge in [0.25, 0.3) is 0 Å². The van der Waals surface area contributed by atoms with Crippen molar-refractivity contribution in [1.82, 2.24) is 9.80 Å². The minimum Gasteiger partial charge on any atom is -0.448 e. The Kier molecular flexibility index (Phi) is 6.29. The SMILES string of the molecule is CN1CCN(Cc2ccc(NC(=O)OCCCl)cc2)CC1. The van der Waals surface area contributed by atoms with Gasteiger partial charge in [0.15, 0.2) is 0 Å². The molecule has 5 nitrogen and oxygen atoms in total. The zero-order valence-electron chi connectivity index (χ0n) is 12.3. The number of alkyl halides is 1. The van der Waals surface area contributed by atoms with Crippen LogP contribution in [0.4, 0.5) is 10.5 Å². The maximum atomic E-state index is 11.4. The number of halogens is 1. The van der Waals surface area contributed by atoms with E-state index in [9.17, 15) is 4.79 Å². The van der Waals surface area contributed by atoms with E-state index in [2.05, 4.69) is 22.2 Å². The lowest BCUT2D eigenvalue weighted by Gasteiger charge is -2.32. The molecule has 21 heavy (non-hydrogen) atoms. The Morgan fingerprint density at radius 3 is 2.52 bits per heavy atom. The van der Waals surface area contributed by atoms with Crippen LogP contribution in [0.5, 0.6) is 0 Å². The van der Waals surface area contributed by atoms with Crippen molar-refractivity contribution in [2.45, 2.75) is 6.54 Å². The van der Waals surface area contributed by atoms with Crippen LogP contribution in [0.3, 0.4) is 0 Å². The fourth-order valence-corrected chi connectivity index (χ4v) is 2.32. The van der Waals surface area contributed by atoms with Crippen molar-refractivity contribution in [3.8, 4) is 0 Å². The lowest BCUT2D eigenvalue weighted by molar-refractivity contribution is 0.148. The van der Waals surface area contributed by atoms with Gasteiger partial charge in [-0.15, -0.1) is 11.6 Å². The molecule has 0 saturated carbocycles. The van der Waals surface area contributed by atoms with Crippen LogP contribution < -0.4 is 5.32 Å². The molecule has 1 N–H and O–H groups in total. The first-order chi connectivity index (χ1) is 10.2. The van der Waals surface area contributed by atoms with Crippen molar-refractivity contribution in [2.75, 3.05) is 51.0 Å². The molecule has 1 fully saturated rings. The van der Waals surface area contributed by atoms with Crippen molar-refractivity contribution >= 4 is 23.4 Å². The smallest absolute Gasteiger partial charge is 0.411 e. The number of piperazine rings is 1. The van der Waals surface area contributed by atoms with Gasteiger partial charge in [0.05, 0.1) is 5.88 Å². The molecule has 2 rings (SSSR count). The fourth-order valence-electron chi connectivity index (χ4n) is 2.24. The molecule has 0 aromatic heterocycles. The number of nitrogens with one attached hydrogen (secondary N) is 1. The van der Waals surface area contributed by atoms with Gasteiger partial charge < -0.3 is 9.64 Å². The Balaban J connectivity index is 1.80. The molecule has 0 atom stereocenters. The van der Waals surface area contributed by atoms with Crippen LogP contribution in [0.15, 0.2) is 24.3 Å². The van der Waals surface area contributed by atoms with Gasteiger partial charge in [-0.3, -0.25) is 10.2 Å². The summed E-state index contributed by atoms with van der Waals surface area (Å²) in [5.74, 6) is 0.303. The molecule has 1 aromatic rings. The van der Waals surface area contributed by atoms with Crippen LogP contribution in [0, 0.1) is 0 Å². The second-order valence-corrected chi connectivity index (χ2v) is 5.60. The third-order valence-electron chi connectivity index (χ3n) is 3.51. The predicted octanol–water partition coefficient (Wildman–Crippen LogP) is 2.22. The van der Waals surface area contributed by atoms with E-state index >= 15 is 0 Å². The van der Waals surface area contributed by atoms with E-state index < -0.39 is 6.09 Å². The zero-order chi connectivity index (χ0) is 15.1. The molecule has 1 aliphatic rings. The number of carbonyl (C=O) groups is 1. The summed E-state index contributed by atoms with van der Waals surface area (Å²) in [6.07, 6.45) is -0.470. The van der Waals surface area contributed by atoms with Crippen LogP contribution >= 0.6 is 11.6 Å². The normalized spacial score (nSPS) is 16.7. The van der Waals surface area contributed by atoms with Crippen LogP contribution in [0.25, 0.3) is 0 Å². The van der Waals surface area contributed by atoms with Gasteiger partial charge in [-0.2, -0.15) is 0 Å². The summed E-state index contributed by atoms with van der Waals surface area (Å²) in [7, 11) is 2.15. The van der Waals surface area contributed by atoms with E-state index in [-0.39, 0.29) is 6.61 Å². The van der Waals surface area contributed by atoms with Gasteiger partial charge in [-0.1, -0.05) is 12.1 Å². The number of likely N-dealkylation sites (N-methyl/N-ethyl adjacent to an activating group) is 1. The molecule has 1 saturated heterocycles. The summed E-state index contributed by atoms with van der Waals surface area (Å²) in [6.45, 7) is 5.60. The van der Waals surface area contributed by atoms with E-state index in [1.807, 2.05) is 24.3 Å². The second-order valence-electron chi connectivity index (χ2n) is 5.23. The summed E-state index contributed by atoms with van der Waals surface area (Å²) in [4.78, 5) is 16.2. The highest BCUT2D eigenvalue weighted by Crippen LogP contribution is 2.13. The van der Waals surface area contributed by atoms with Crippen LogP contribution in [0.1, 0.15) is 5.56 Å². The Morgan fingerprint density at radius 2 is 1.90 bits per heavy atom. The fraction of sp³-hybridized carbons (Fsp3) is 0.533. The third kappa shape index (κ3) is 5.53. The highest BCUT2D eigenvalue weighted by Gasteiger charge is 2.13. The molecular formula is C15H22ClN3O2. The van der Waals surface area contributed by atoms with Crippen molar-refractivity contribution in [2.24, 2.45) is 0 Å². The standard InChI is InChI=1S/C15H22ClN3O2/c1-18-7-9-19(10-8-18)12-13-2-4-14(5-3-13)17-15(20)21-11-6-16/h2-5H,6-12H2,1H3,(H,17,20). The molecule has 116 valence electrons. The number of rotatable bonds is 5. The monoisotopic (exact) mass is 311 g/mol. The van der Waals surface area contributed by atoms with Crippen LogP contribution in [-0.2, 0) is 11.3 Å². The first kappa shape index (κ1) is 16.1. The van der Waals surface area contributed by atoms with Gasteiger partial charge in [-0.05, 0) is 24.7 Å². The summed E-state index contributed by atoms with van der Waals surface area (Å²) in [6, 6.07) is 7.87. The number of anilines is 1. The molecule has 0 bridgehead atoms. The molecule has 1 heterocycles. The molecular weight excluding hydrogens is 290 g/mol. The number of hydrogen-bond acceptors (Lipinski definition) is 4. The van der Waals surface area contributed by atoms with E-state index in [1.165, 1.54) is 5.56 Å². The molecule has 0 spiro atoms. The first-order valence-corrected chi connectivity index (χ1v) is 7.70. The molecule has 1 aliphatic heterocycles. The largest absolute Gasteiger partial charge is 0.448 e. The van der Waals surface area contributed by atoms with E-state index in [4.69, 9.17) is 16.3 Å². The number of hydrogen-bond donors (Lipinski definition) is 1. The van der Waals surface area contributed by atoms with Crippen molar-refractivity contribution in [3.05, 3.63) is 29.8 Å². The summed E-state index contributed by atoms with van der Waals surface area (Å²) in [5.41, 5.74) is 1.98. The van der Waals surface area contributed by atoms with Gasteiger partial charge in [0.1, 0.15) is 6.61 Å². The predicted molar refractivity (Wildman–Crippen MR) is 84.9 cm³/mol. The minimum atomic E-state index is -0.470. The Bertz CT molecular complexity index is 445. The van der Waals surface area contributed by atoms with Crippen LogP contribution in [-0.4, -0.2) is 61.6 Å². The highest BCUT2D eigenvalue weighted by atomic mass is 35.5. The summed E-state index contributed by atoms with van der Waals surface area (Å²) in [5, 5.41) is 2.67. The quantitative estimate of drug-likeness (QED) is 0.847. The Labute approximate surface area is 130 Å². The highest BCUT2D eigenvalue weighted by molar-refractivity contribution is 6.18. The average molecular weight is 312 g/mol. The Morgan fingerprint density at radius 1 is 1.24 bits per heavy atom. The number of benzene rings is 1. The van der Waals surface area contributed by atoms with Gasteiger partial charge in [0, 0.05) is 38.4 Å². The van der Waals surface area contributed by atoms with Crippen molar-refractivity contribution in [3.63, 3.8) is 0 Å². The maximum absolute atomic E-state index is 11.4.